The number of fused-ring (bicyclic) bond motifs is 1. The molecular weight excluding hydrogens is 274 g/mol. The van der Waals surface area contributed by atoms with Crippen molar-refractivity contribution >= 4 is 11.3 Å². The molecule has 21 heavy (non-hydrogen) atoms. The number of hydrogen-bond acceptors (Lipinski definition) is 3. The number of anilines is 1. The van der Waals surface area contributed by atoms with Gasteiger partial charge in [-0.25, -0.2) is 18.3 Å². The molecule has 0 unspecified atom stereocenters. The lowest BCUT2D eigenvalue weighted by Crippen LogP contribution is -2.08. The van der Waals surface area contributed by atoms with E-state index in [2.05, 4.69) is 15.4 Å². The molecule has 0 atom stereocenters. The van der Waals surface area contributed by atoms with E-state index >= 15 is 0 Å². The van der Waals surface area contributed by atoms with Crippen molar-refractivity contribution in [1.82, 2.24) is 14.6 Å². The molecule has 0 amide bonds. The predicted octanol–water partition coefficient (Wildman–Crippen LogP) is 2.97. The number of rotatable bonds is 4. The first-order chi connectivity index (χ1) is 10.1. The molecule has 0 saturated carbocycles. The standard InChI is InChI=1S/C15H14F2N4/c1-10-8-14-15(19-6-7-21(14)20-10)18-5-4-11-9-12(16)2-3-13(11)17/h2-3,6-9H,4-5H2,1H3,(H,18,19). The van der Waals surface area contributed by atoms with Crippen LogP contribution >= 0.6 is 0 Å². The Labute approximate surface area is 120 Å². The Morgan fingerprint density at radius 3 is 2.95 bits per heavy atom. The third-order valence-corrected chi connectivity index (χ3v) is 3.21. The highest BCUT2D eigenvalue weighted by Gasteiger charge is 2.07. The van der Waals surface area contributed by atoms with Gasteiger partial charge in [0.15, 0.2) is 5.82 Å². The van der Waals surface area contributed by atoms with Crippen LogP contribution in [-0.2, 0) is 6.42 Å². The van der Waals surface area contributed by atoms with Gasteiger partial charge < -0.3 is 5.32 Å². The summed E-state index contributed by atoms with van der Waals surface area (Å²) in [6, 6.07) is 5.39. The van der Waals surface area contributed by atoms with Gasteiger partial charge in [-0.3, -0.25) is 0 Å². The highest BCUT2D eigenvalue weighted by atomic mass is 19.1. The molecule has 1 N–H and O–H groups in total. The molecule has 0 aliphatic heterocycles. The number of aryl methyl sites for hydroxylation is 1. The van der Waals surface area contributed by atoms with Crippen molar-refractivity contribution in [3.8, 4) is 0 Å². The van der Waals surface area contributed by atoms with Gasteiger partial charge in [0.2, 0.25) is 0 Å². The van der Waals surface area contributed by atoms with Crippen molar-refractivity contribution in [1.29, 1.82) is 0 Å². The summed E-state index contributed by atoms with van der Waals surface area (Å²) in [5.74, 6) is -0.155. The molecule has 2 heterocycles. The van der Waals surface area contributed by atoms with Crippen LogP contribution in [0, 0.1) is 18.6 Å². The van der Waals surface area contributed by atoms with E-state index in [4.69, 9.17) is 0 Å². The van der Waals surface area contributed by atoms with E-state index in [0.29, 0.717) is 24.3 Å². The normalized spacial score (nSPS) is 11.0. The van der Waals surface area contributed by atoms with Crippen molar-refractivity contribution < 1.29 is 8.78 Å². The van der Waals surface area contributed by atoms with Crippen LogP contribution in [-0.4, -0.2) is 21.1 Å². The molecular formula is C15H14F2N4. The average molecular weight is 288 g/mol. The second-order valence-electron chi connectivity index (χ2n) is 4.80. The molecule has 0 saturated heterocycles. The average Bonchev–Trinajstić information content (AvgIpc) is 2.84. The smallest absolute Gasteiger partial charge is 0.152 e. The molecule has 3 aromatic rings. The maximum absolute atomic E-state index is 13.5. The van der Waals surface area contributed by atoms with Gasteiger partial charge in [-0.1, -0.05) is 0 Å². The molecule has 3 rings (SSSR count). The van der Waals surface area contributed by atoms with Gasteiger partial charge in [0.05, 0.1) is 5.69 Å². The summed E-state index contributed by atoms with van der Waals surface area (Å²) in [7, 11) is 0. The molecule has 1 aromatic carbocycles. The molecule has 4 nitrogen and oxygen atoms in total. The minimum Gasteiger partial charge on any atom is -0.368 e. The number of hydrogen-bond donors (Lipinski definition) is 1. The van der Waals surface area contributed by atoms with Gasteiger partial charge >= 0.3 is 0 Å². The Balaban J connectivity index is 1.73. The van der Waals surface area contributed by atoms with Crippen molar-refractivity contribution in [2.75, 3.05) is 11.9 Å². The van der Waals surface area contributed by atoms with Crippen LogP contribution in [0.4, 0.5) is 14.6 Å². The summed E-state index contributed by atoms with van der Waals surface area (Å²) in [6.45, 7) is 2.36. The quantitative estimate of drug-likeness (QED) is 0.802. The third kappa shape index (κ3) is 2.84. The summed E-state index contributed by atoms with van der Waals surface area (Å²) >= 11 is 0. The monoisotopic (exact) mass is 288 g/mol. The fourth-order valence-corrected chi connectivity index (χ4v) is 2.23. The van der Waals surface area contributed by atoms with Gasteiger partial charge in [0, 0.05) is 18.9 Å². The minimum absolute atomic E-state index is 0.346. The first kappa shape index (κ1) is 13.5. The first-order valence-corrected chi connectivity index (χ1v) is 6.62. The van der Waals surface area contributed by atoms with E-state index in [-0.39, 0.29) is 0 Å². The lowest BCUT2D eigenvalue weighted by atomic mass is 10.1. The molecule has 0 radical (unpaired) electrons. The summed E-state index contributed by atoms with van der Waals surface area (Å²) in [6.07, 6.45) is 3.78. The maximum Gasteiger partial charge on any atom is 0.152 e. The second kappa shape index (κ2) is 5.47. The molecule has 6 heteroatoms. The lowest BCUT2D eigenvalue weighted by Gasteiger charge is -2.07. The van der Waals surface area contributed by atoms with E-state index in [1.807, 2.05) is 13.0 Å². The Kier molecular flexibility index (Phi) is 3.51. The fraction of sp³-hybridized carbons (Fsp3) is 0.200. The van der Waals surface area contributed by atoms with Crippen LogP contribution < -0.4 is 5.32 Å². The zero-order chi connectivity index (χ0) is 14.8. The van der Waals surface area contributed by atoms with Crippen molar-refractivity contribution in [2.45, 2.75) is 13.3 Å². The van der Waals surface area contributed by atoms with E-state index < -0.39 is 11.6 Å². The van der Waals surface area contributed by atoms with E-state index in [1.54, 1.807) is 16.9 Å². The highest BCUT2D eigenvalue weighted by Crippen LogP contribution is 2.15. The molecule has 0 spiro atoms. The first-order valence-electron chi connectivity index (χ1n) is 6.62. The summed E-state index contributed by atoms with van der Waals surface area (Å²) in [5, 5.41) is 7.43. The highest BCUT2D eigenvalue weighted by molar-refractivity contribution is 5.67. The van der Waals surface area contributed by atoms with Gasteiger partial charge in [-0.05, 0) is 43.2 Å². The molecule has 0 aliphatic rings. The topological polar surface area (TPSA) is 42.2 Å². The molecule has 2 aromatic heterocycles. The fourth-order valence-electron chi connectivity index (χ4n) is 2.23. The van der Waals surface area contributed by atoms with Crippen LogP contribution in [0.2, 0.25) is 0 Å². The Bertz CT molecular complexity index is 782. The van der Waals surface area contributed by atoms with Crippen LogP contribution in [0.3, 0.4) is 0 Å². The van der Waals surface area contributed by atoms with Gasteiger partial charge in [0.25, 0.3) is 0 Å². The van der Waals surface area contributed by atoms with Crippen LogP contribution in [0.5, 0.6) is 0 Å². The zero-order valence-electron chi connectivity index (χ0n) is 11.5. The number of aromatic nitrogens is 3. The summed E-state index contributed by atoms with van der Waals surface area (Å²) < 4.78 is 28.4. The van der Waals surface area contributed by atoms with Crippen molar-refractivity contribution in [3.63, 3.8) is 0 Å². The number of nitrogens with one attached hydrogen (secondary N) is 1. The summed E-state index contributed by atoms with van der Waals surface area (Å²) in [4.78, 5) is 4.25. The molecule has 0 bridgehead atoms. The Hall–Kier alpha value is -2.50. The predicted molar refractivity (Wildman–Crippen MR) is 76.3 cm³/mol. The van der Waals surface area contributed by atoms with Crippen LogP contribution in [0.1, 0.15) is 11.3 Å². The zero-order valence-corrected chi connectivity index (χ0v) is 11.5. The molecule has 0 aliphatic carbocycles. The Morgan fingerprint density at radius 2 is 2.10 bits per heavy atom. The van der Waals surface area contributed by atoms with Crippen molar-refractivity contribution in [3.05, 3.63) is 59.6 Å². The number of benzene rings is 1. The second-order valence-corrected chi connectivity index (χ2v) is 4.80. The lowest BCUT2D eigenvalue weighted by molar-refractivity contribution is 0.586. The number of halogens is 2. The van der Waals surface area contributed by atoms with E-state index in [9.17, 15) is 8.78 Å². The van der Waals surface area contributed by atoms with Crippen molar-refractivity contribution in [2.24, 2.45) is 0 Å². The van der Waals surface area contributed by atoms with Gasteiger partial charge in [-0.15, -0.1) is 0 Å². The van der Waals surface area contributed by atoms with Crippen LogP contribution in [0.15, 0.2) is 36.7 Å². The maximum atomic E-state index is 13.5. The van der Waals surface area contributed by atoms with Gasteiger partial charge in [0.1, 0.15) is 17.2 Å². The van der Waals surface area contributed by atoms with E-state index in [0.717, 1.165) is 23.3 Å². The van der Waals surface area contributed by atoms with Crippen LogP contribution in [0.25, 0.3) is 5.52 Å². The largest absolute Gasteiger partial charge is 0.368 e. The molecule has 108 valence electrons. The van der Waals surface area contributed by atoms with Gasteiger partial charge in [-0.2, -0.15) is 5.10 Å². The SMILES string of the molecule is Cc1cc2c(NCCc3cc(F)ccc3F)nccn2n1. The summed E-state index contributed by atoms with van der Waals surface area (Å²) in [5.41, 5.74) is 2.09. The number of nitrogens with zero attached hydrogens (tertiary/aromatic N) is 3. The third-order valence-electron chi connectivity index (χ3n) is 3.21. The Morgan fingerprint density at radius 1 is 1.24 bits per heavy atom. The molecule has 0 fully saturated rings. The van der Waals surface area contributed by atoms with E-state index in [1.165, 1.54) is 6.07 Å². The minimum atomic E-state index is -0.432.